The van der Waals surface area contributed by atoms with Crippen molar-refractivity contribution in [2.24, 2.45) is 0 Å². The zero-order valence-corrected chi connectivity index (χ0v) is 16.1. The molecule has 2 aromatic rings. The quantitative estimate of drug-likeness (QED) is 0.835. The van der Waals surface area contributed by atoms with E-state index in [1.54, 1.807) is 13.0 Å². The first-order valence-electron chi connectivity index (χ1n) is 8.27. The van der Waals surface area contributed by atoms with Crippen molar-refractivity contribution in [1.82, 2.24) is 0 Å². The minimum absolute atomic E-state index is 0.141. The number of nitrogens with zero attached hydrogens (tertiary/aromatic N) is 1. The van der Waals surface area contributed by atoms with Gasteiger partial charge in [-0.15, -0.1) is 0 Å². The lowest BCUT2D eigenvalue weighted by Gasteiger charge is -2.30. The molecule has 0 aliphatic carbocycles. The highest BCUT2D eigenvalue weighted by Gasteiger charge is 2.33. The zero-order valence-electron chi connectivity index (χ0n) is 15.3. The summed E-state index contributed by atoms with van der Waals surface area (Å²) >= 11 is 0. The van der Waals surface area contributed by atoms with Crippen molar-refractivity contribution < 1.29 is 17.6 Å². The van der Waals surface area contributed by atoms with E-state index in [2.05, 4.69) is 5.32 Å². The molecule has 140 valence electrons. The summed E-state index contributed by atoms with van der Waals surface area (Å²) in [5, 5.41) is 2.76. The van der Waals surface area contributed by atoms with Crippen molar-refractivity contribution in [2.75, 3.05) is 15.9 Å². The van der Waals surface area contributed by atoms with Crippen LogP contribution >= 0.6 is 0 Å². The van der Waals surface area contributed by atoms with Crippen LogP contribution in [0.1, 0.15) is 24.5 Å². The molecule has 0 fully saturated rings. The molecule has 1 unspecified atom stereocenters. The van der Waals surface area contributed by atoms with E-state index >= 15 is 0 Å². The number of carbonyl (C=O) groups excluding carboxylic acids is 1. The summed E-state index contributed by atoms with van der Waals surface area (Å²) in [5.74, 6) is -1.20. The average Bonchev–Trinajstić information content (AvgIpc) is 2.55. The summed E-state index contributed by atoms with van der Waals surface area (Å²) in [6, 6.07) is 10.00. The molecule has 0 aromatic heterocycles. The summed E-state index contributed by atoms with van der Waals surface area (Å²) in [7, 11) is -3.87. The van der Waals surface area contributed by atoms with Gasteiger partial charge in [-0.2, -0.15) is 0 Å². The van der Waals surface area contributed by atoms with Crippen molar-refractivity contribution in [3.05, 3.63) is 59.4 Å². The summed E-state index contributed by atoms with van der Waals surface area (Å²) < 4.78 is 39.7. The van der Waals surface area contributed by atoms with Gasteiger partial charge in [-0.25, -0.2) is 12.8 Å². The highest BCUT2D eigenvalue weighted by atomic mass is 32.2. The van der Waals surface area contributed by atoms with Crippen molar-refractivity contribution in [2.45, 2.75) is 33.2 Å². The molecule has 0 bridgehead atoms. The van der Waals surface area contributed by atoms with Crippen molar-refractivity contribution in [3.63, 3.8) is 0 Å². The van der Waals surface area contributed by atoms with Gasteiger partial charge in [0, 0.05) is 5.69 Å². The molecule has 0 saturated heterocycles. The maximum atomic E-state index is 14.2. The van der Waals surface area contributed by atoms with E-state index in [9.17, 15) is 17.6 Å². The first kappa shape index (κ1) is 19.9. The zero-order chi connectivity index (χ0) is 19.5. The molecule has 7 heteroatoms. The number of hydrogen-bond acceptors (Lipinski definition) is 3. The first-order chi connectivity index (χ1) is 12.1. The molecule has 1 atom stereocenters. The second-order valence-corrected chi connectivity index (χ2v) is 8.10. The van der Waals surface area contributed by atoms with Crippen molar-refractivity contribution in [3.8, 4) is 0 Å². The smallest absolute Gasteiger partial charge is 0.248 e. The Morgan fingerprint density at radius 3 is 2.38 bits per heavy atom. The summed E-state index contributed by atoms with van der Waals surface area (Å²) in [6.07, 6.45) is 1.16. The number of benzene rings is 2. The fourth-order valence-corrected chi connectivity index (χ4v) is 4.05. The second-order valence-electron chi connectivity index (χ2n) is 6.24. The molecule has 0 radical (unpaired) electrons. The lowest BCUT2D eigenvalue weighted by Crippen LogP contribution is -2.47. The standard InChI is InChI=1S/C19H23FN2O3S/c1-5-17(19(23)21-16-11-10-13(2)12-14(16)3)22(26(4,24)25)18-9-7-6-8-15(18)20/h6-12,17H,5H2,1-4H3,(H,21,23). The van der Waals surface area contributed by atoms with Gasteiger partial charge < -0.3 is 5.32 Å². The molecule has 0 heterocycles. The number of carbonyl (C=O) groups is 1. The lowest BCUT2D eigenvalue weighted by molar-refractivity contribution is -0.117. The third-order valence-corrected chi connectivity index (χ3v) is 5.23. The molecule has 0 saturated carbocycles. The average molecular weight is 378 g/mol. The molecular weight excluding hydrogens is 355 g/mol. The lowest BCUT2D eigenvalue weighted by atomic mass is 10.1. The Bertz CT molecular complexity index is 913. The Morgan fingerprint density at radius 2 is 1.85 bits per heavy atom. The Labute approximate surface area is 153 Å². The summed E-state index contributed by atoms with van der Waals surface area (Å²) in [4.78, 5) is 12.8. The molecule has 0 spiro atoms. The Morgan fingerprint density at radius 1 is 1.19 bits per heavy atom. The predicted octanol–water partition coefficient (Wildman–Crippen LogP) is 3.63. The van der Waals surface area contributed by atoms with Crippen molar-refractivity contribution >= 4 is 27.3 Å². The van der Waals surface area contributed by atoms with Crippen molar-refractivity contribution in [1.29, 1.82) is 0 Å². The monoisotopic (exact) mass is 378 g/mol. The van der Waals surface area contributed by atoms with Crippen LogP contribution in [0.4, 0.5) is 15.8 Å². The van der Waals surface area contributed by atoms with E-state index in [0.717, 1.165) is 21.7 Å². The van der Waals surface area contributed by atoms with Gasteiger partial charge in [0.2, 0.25) is 15.9 Å². The van der Waals surface area contributed by atoms with E-state index in [-0.39, 0.29) is 12.1 Å². The van der Waals surface area contributed by atoms with E-state index in [0.29, 0.717) is 5.69 Å². The minimum atomic E-state index is -3.87. The molecule has 26 heavy (non-hydrogen) atoms. The molecule has 0 aliphatic heterocycles. The highest BCUT2D eigenvalue weighted by Crippen LogP contribution is 2.26. The highest BCUT2D eigenvalue weighted by molar-refractivity contribution is 7.92. The van der Waals surface area contributed by atoms with Gasteiger partial charge >= 0.3 is 0 Å². The Hall–Kier alpha value is -2.41. The number of halogens is 1. The van der Waals surface area contributed by atoms with Gasteiger partial charge in [-0.1, -0.05) is 36.8 Å². The number of rotatable bonds is 6. The molecule has 5 nitrogen and oxygen atoms in total. The topological polar surface area (TPSA) is 66.5 Å². The molecule has 2 rings (SSSR count). The van der Waals surface area contributed by atoms with E-state index in [4.69, 9.17) is 0 Å². The first-order valence-corrected chi connectivity index (χ1v) is 10.1. The fourth-order valence-electron chi connectivity index (χ4n) is 2.84. The molecule has 2 aromatic carbocycles. The molecule has 1 amide bonds. The van der Waals surface area contributed by atoms with Gasteiger partial charge in [0.15, 0.2) is 0 Å². The number of nitrogens with one attached hydrogen (secondary N) is 1. The maximum absolute atomic E-state index is 14.2. The SMILES string of the molecule is CCC(C(=O)Nc1ccc(C)cc1C)N(c1ccccc1F)S(C)(=O)=O. The van der Waals surface area contributed by atoms with E-state index < -0.39 is 27.8 Å². The number of aryl methyl sites for hydroxylation is 2. The van der Waals surface area contributed by atoms with Crippen LogP contribution in [0, 0.1) is 19.7 Å². The van der Waals surface area contributed by atoms with Gasteiger partial charge in [0.05, 0.1) is 11.9 Å². The molecule has 1 N–H and O–H groups in total. The second kappa shape index (κ2) is 7.86. The summed E-state index contributed by atoms with van der Waals surface area (Å²) in [5.41, 5.74) is 2.38. The maximum Gasteiger partial charge on any atom is 0.248 e. The normalized spacial score (nSPS) is 12.5. The largest absolute Gasteiger partial charge is 0.324 e. The number of para-hydroxylation sites is 1. The third-order valence-electron chi connectivity index (χ3n) is 4.06. The third kappa shape index (κ3) is 4.40. The molecule has 0 aliphatic rings. The van der Waals surface area contributed by atoms with Gasteiger partial charge in [0.25, 0.3) is 0 Å². The van der Waals surface area contributed by atoms with Crippen LogP contribution in [0.5, 0.6) is 0 Å². The van der Waals surface area contributed by atoms with Crippen LogP contribution in [0.2, 0.25) is 0 Å². The predicted molar refractivity (Wildman–Crippen MR) is 102 cm³/mol. The van der Waals surface area contributed by atoms with E-state index in [1.165, 1.54) is 24.3 Å². The van der Waals surface area contributed by atoms with Gasteiger partial charge in [-0.3, -0.25) is 9.10 Å². The van der Waals surface area contributed by atoms with Crippen LogP contribution in [0.3, 0.4) is 0 Å². The fraction of sp³-hybridized carbons (Fsp3) is 0.316. The molecular formula is C19H23FN2O3S. The van der Waals surface area contributed by atoms with Crippen LogP contribution in [-0.2, 0) is 14.8 Å². The summed E-state index contributed by atoms with van der Waals surface area (Å²) in [6.45, 7) is 5.48. The van der Waals surface area contributed by atoms with Gasteiger partial charge in [0.1, 0.15) is 11.9 Å². The van der Waals surface area contributed by atoms with Gasteiger partial charge in [-0.05, 0) is 44.0 Å². The van der Waals surface area contributed by atoms with Crippen LogP contribution in [0.15, 0.2) is 42.5 Å². The number of hydrogen-bond donors (Lipinski definition) is 1. The van der Waals surface area contributed by atoms with E-state index in [1.807, 2.05) is 26.0 Å². The van der Waals surface area contributed by atoms with Crippen LogP contribution < -0.4 is 9.62 Å². The number of anilines is 2. The number of sulfonamides is 1. The Kier molecular flexibility index (Phi) is 6.02. The Balaban J connectivity index is 2.42. The minimum Gasteiger partial charge on any atom is -0.324 e. The number of amides is 1. The van der Waals surface area contributed by atoms with Crippen LogP contribution in [0.25, 0.3) is 0 Å². The van der Waals surface area contributed by atoms with Crippen LogP contribution in [-0.4, -0.2) is 26.6 Å².